The molecule has 4 rings (SSSR count). The van der Waals surface area contributed by atoms with Crippen LogP contribution in [0.15, 0.2) is 66.9 Å². The number of aryl methyl sites for hydroxylation is 1. The predicted molar refractivity (Wildman–Crippen MR) is 153 cm³/mol. The van der Waals surface area contributed by atoms with Crippen LogP contribution in [0.3, 0.4) is 0 Å². The average Bonchev–Trinajstić information content (AvgIpc) is 2.88. The number of pyridine rings is 1. The molecule has 1 aromatic heterocycles. The second-order valence-corrected chi connectivity index (χ2v) is 9.74. The molecular formula is C30H34N6O2. The minimum Gasteiger partial charge on any atom is -0.388 e. The van der Waals surface area contributed by atoms with Crippen LogP contribution in [-0.2, 0) is 0 Å². The van der Waals surface area contributed by atoms with E-state index in [1.165, 1.54) is 11.8 Å². The van der Waals surface area contributed by atoms with Gasteiger partial charge in [0, 0.05) is 61.5 Å². The van der Waals surface area contributed by atoms with Gasteiger partial charge in [-0.25, -0.2) is 4.98 Å². The highest BCUT2D eigenvalue weighted by molar-refractivity contribution is 6.05. The van der Waals surface area contributed by atoms with Gasteiger partial charge in [0.15, 0.2) is 0 Å². The van der Waals surface area contributed by atoms with Crippen molar-refractivity contribution in [1.29, 1.82) is 5.41 Å². The van der Waals surface area contributed by atoms with Crippen molar-refractivity contribution in [1.82, 2.24) is 15.2 Å². The first-order chi connectivity index (χ1) is 18.3. The van der Waals surface area contributed by atoms with Crippen molar-refractivity contribution < 1.29 is 9.59 Å². The summed E-state index contributed by atoms with van der Waals surface area (Å²) < 4.78 is 0. The molecule has 4 N–H and O–H groups in total. The summed E-state index contributed by atoms with van der Waals surface area (Å²) in [5, 5.41) is 16.5. The Morgan fingerprint density at radius 3 is 2.32 bits per heavy atom. The van der Waals surface area contributed by atoms with Crippen LogP contribution in [0.2, 0.25) is 0 Å². The van der Waals surface area contributed by atoms with E-state index in [4.69, 9.17) is 5.41 Å². The van der Waals surface area contributed by atoms with Crippen LogP contribution in [0.25, 0.3) is 5.70 Å². The van der Waals surface area contributed by atoms with E-state index in [1.807, 2.05) is 50.9 Å². The molecule has 0 bridgehead atoms. The standard InChI is InChI=1S/C30H34N6O2/c1-19(2)34-28-12-11-24(16-33-28)29(37)35-27-15-23(6-5-20(27)3)30(38)36-17-25(18-36)21-7-9-22(10-8-21)26(32-4)13-14-31/h5-16,19,25,31-32H,17-18H2,1-4H3,(H,33,34)(H,35,37)/b26-13-,31-14?. The van der Waals surface area contributed by atoms with Gasteiger partial charge in [-0.05, 0) is 67.8 Å². The Balaban J connectivity index is 1.38. The number of nitrogens with zero attached hydrogens (tertiary/aromatic N) is 2. The maximum Gasteiger partial charge on any atom is 0.257 e. The van der Waals surface area contributed by atoms with Crippen LogP contribution in [0.1, 0.15) is 57.2 Å². The summed E-state index contributed by atoms with van der Waals surface area (Å²) in [7, 11) is 1.83. The van der Waals surface area contributed by atoms with Crippen molar-refractivity contribution >= 4 is 35.2 Å². The molecule has 0 atom stereocenters. The van der Waals surface area contributed by atoms with Crippen molar-refractivity contribution in [2.75, 3.05) is 30.8 Å². The van der Waals surface area contributed by atoms with E-state index in [1.54, 1.807) is 36.5 Å². The van der Waals surface area contributed by atoms with E-state index in [0.717, 1.165) is 16.8 Å². The van der Waals surface area contributed by atoms with E-state index in [2.05, 4.69) is 33.1 Å². The number of nitrogens with one attached hydrogen (secondary N) is 4. The van der Waals surface area contributed by atoms with Crippen molar-refractivity contribution in [3.8, 4) is 0 Å². The molecule has 2 heterocycles. The molecule has 0 unspecified atom stereocenters. The fourth-order valence-electron chi connectivity index (χ4n) is 4.37. The average molecular weight is 511 g/mol. The van der Waals surface area contributed by atoms with E-state index < -0.39 is 0 Å². The van der Waals surface area contributed by atoms with Crippen LogP contribution >= 0.6 is 0 Å². The lowest BCUT2D eigenvalue weighted by Crippen LogP contribution is -2.48. The number of hydrogen-bond donors (Lipinski definition) is 4. The van der Waals surface area contributed by atoms with Gasteiger partial charge in [-0.15, -0.1) is 0 Å². The van der Waals surface area contributed by atoms with Crippen molar-refractivity contribution in [2.24, 2.45) is 0 Å². The zero-order chi connectivity index (χ0) is 27.2. The summed E-state index contributed by atoms with van der Waals surface area (Å²) in [5.41, 5.74) is 5.56. The molecule has 0 spiro atoms. The first kappa shape index (κ1) is 26.6. The summed E-state index contributed by atoms with van der Waals surface area (Å²) in [5.74, 6) is 0.672. The minimum atomic E-state index is -0.273. The molecule has 0 aliphatic carbocycles. The van der Waals surface area contributed by atoms with Crippen molar-refractivity contribution in [2.45, 2.75) is 32.7 Å². The minimum absolute atomic E-state index is 0.0504. The quantitative estimate of drug-likeness (QED) is 0.306. The number of likely N-dealkylation sites (tertiary alicyclic amines) is 1. The number of carbonyl (C=O) groups is 2. The molecule has 8 nitrogen and oxygen atoms in total. The first-order valence-electron chi connectivity index (χ1n) is 12.7. The third-order valence-corrected chi connectivity index (χ3v) is 6.58. The van der Waals surface area contributed by atoms with Gasteiger partial charge in [-0.2, -0.15) is 0 Å². The SMILES string of the molecule is CN/C(=C\C=N)c1ccc(C2CN(C(=O)c3ccc(C)c(NC(=O)c4ccc(NC(C)C)nc4)c3)C2)cc1. The molecule has 1 aliphatic heterocycles. The largest absolute Gasteiger partial charge is 0.388 e. The normalized spacial score (nSPS) is 13.6. The smallest absolute Gasteiger partial charge is 0.257 e. The Morgan fingerprint density at radius 2 is 1.71 bits per heavy atom. The molecule has 1 saturated heterocycles. The third-order valence-electron chi connectivity index (χ3n) is 6.58. The second-order valence-electron chi connectivity index (χ2n) is 9.74. The predicted octanol–water partition coefficient (Wildman–Crippen LogP) is 4.91. The third kappa shape index (κ3) is 6.08. The number of benzene rings is 2. The Hall–Kier alpha value is -4.46. The Bertz CT molecular complexity index is 1340. The Morgan fingerprint density at radius 1 is 1.03 bits per heavy atom. The molecule has 2 aromatic carbocycles. The second kappa shape index (κ2) is 11.7. The lowest BCUT2D eigenvalue weighted by molar-refractivity contribution is 0.0602. The van der Waals surface area contributed by atoms with Gasteiger partial charge in [-0.3, -0.25) is 9.59 Å². The van der Waals surface area contributed by atoms with Gasteiger partial charge in [0.2, 0.25) is 0 Å². The molecule has 0 saturated carbocycles. The summed E-state index contributed by atoms with van der Waals surface area (Å²) in [6, 6.07) is 17.4. The number of amides is 2. The summed E-state index contributed by atoms with van der Waals surface area (Å²) in [6.45, 7) is 7.24. The van der Waals surface area contributed by atoms with Crippen LogP contribution in [0, 0.1) is 12.3 Å². The van der Waals surface area contributed by atoms with Gasteiger partial charge in [0.05, 0.1) is 5.56 Å². The van der Waals surface area contributed by atoms with Crippen LogP contribution in [-0.4, -0.2) is 54.1 Å². The van der Waals surface area contributed by atoms with Crippen molar-refractivity contribution in [3.05, 3.63) is 94.7 Å². The lowest BCUT2D eigenvalue weighted by atomic mass is 9.90. The zero-order valence-corrected chi connectivity index (χ0v) is 22.2. The highest BCUT2D eigenvalue weighted by Gasteiger charge is 2.32. The van der Waals surface area contributed by atoms with Gasteiger partial charge in [-0.1, -0.05) is 30.3 Å². The van der Waals surface area contributed by atoms with Gasteiger partial charge in [0.25, 0.3) is 11.8 Å². The highest BCUT2D eigenvalue weighted by Crippen LogP contribution is 2.30. The lowest BCUT2D eigenvalue weighted by Gasteiger charge is -2.39. The summed E-state index contributed by atoms with van der Waals surface area (Å²) >= 11 is 0. The topological polar surface area (TPSA) is 110 Å². The monoisotopic (exact) mass is 510 g/mol. The fraction of sp³-hybridized carbons (Fsp3) is 0.267. The number of carbonyl (C=O) groups excluding carboxylic acids is 2. The molecule has 1 aliphatic rings. The first-order valence-corrected chi connectivity index (χ1v) is 12.7. The molecule has 8 heteroatoms. The Labute approximate surface area is 223 Å². The maximum atomic E-state index is 13.2. The molecule has 196 valence electrons. The van der Waals surface area contributed by atoms with E-state index in [9.17, 15) is 9.59 Å². The number of aromatic nitrogens is 1. The van der Waals surface area contributed by atoms with Crippen LogP contribution in [0.5, 0.6) is 0 Å². The molecule has 3 aromatic rings. The maximum absolute atomic E-state index is 13.2. The molecular weight excluding hydrogens is 476 g/mol. The number of hydrogen-bond acceptors (Lipinski definition) is 6. The number of rotatable bonds is 9. The summed E-state index contributed by atoms with van der Waals surface area (Å²) in [4.78, 5) is 32.1. The van der Waals surface area contributed by atoms with Crippen LogP contribution < -0.4 is 16.0 Å². The molecule has 1 fully saturated rings. The molecule has 2 amide bonds. The van der Waals surface area contributed by atoms with Gasteiger partial charge >= 0.3 is 0 Å². The summed E-state index contributed by atoms with van der Waals surface area (Å²) in [6.07, 6.45) is 4.52. The zero-order valence-electron chi connectivity index (χ0n) is 22.2. The van der Waals surface area contributed by atoms with E-state index >= 15 is 0 Å². The molecule has 38 heavy (non-hydrogen) atoms. The number of allylic oxidation sites excluding steroid dienone is 1. The van der Waals surface area contributed by atoms with Crippen LogP contribution in [0.4, 0.5) is 11.5 Å². The van der Waals surface area contributed by atoms with E-state index in [-0.39, 0.29) is 23.8 Å². The molecule has 0 radical (unpaired) electrons. The Kier molecular flexibility index (Phi) is 8.21. The van der Waals surface area contributed by atoms with Gasteiger partial charge in [0.1, 0.15) is 5.82 Å². The number of anilines is 2. The van der Waals surface area contributed by atoms with Gasteiger partial charge < -0.3 is 26.3 Å². The van der Waals surface area contributed by atoms with E-state index in [0.29, 0.717) is 35.7 Å². The fourth-order valence-corrected chi connectivity index (χ4v) is 4.37. The van der Waals surface area contributed by atoms with Crippen molar-refractivity contribution in [3.63, 3.8) is 0 Å². The highest BCUT2D eigenvalue weighted by atomic mass is 16.2.